The number of hydrogen-bond donors (Lipinski definition) is 0. The van der Waals surface area contributed by atoms with Gasteiger partial charge in [-0.25, -0.2) is 9.79 Å². The average molecular weight is 334 g/mol. The molecule has 0 atom stereocenters. The van der Waals surface area contributed by atoms with Gasteiger partial charge in [-0.2, -0.15) is 11.3 Å². The molecule has 0 amide bonds. The van der Waals surface area contributed by atoms with Crippen LogP contribution in [-0.2, 0) is 9.53 Å². The molecular formula is C14H8BrNO2S. The van der Waals surface area contributed by atoms with Crippen LogP contribution in [-0.4, -0.2) is 11.9 Å². The Morgan fingerprint density at radius 3 is 2.68 bits per heavy atom. The Morgan fingerprint density at radius 1 is 1.21 bits per heavy atom. The number of thiophene rings is 1. The third-order valence-corrected chi connectivity index (χ3v) is 3.79. The number of ether oxygens (including phenoxy) is 1. The van der Waals surface area contributed by atoms with Crippen molar-refractivity contribution >= 4 is 45.2 Å². The van der Waals surface area contributed by atoms with Crippen LogP contribution < -0.4 is 0 Å². The number of carbonyl (C=O) groups excluding carboxylic acids is 1. The standard InChI is InChI=1S/C14H8BrNO2S/c15-11-3-1-10(2-4-11)13-16-12(14(17)18-13)7-9-5-6-19-8-9/h1-8H. The molecule has 0 radical (unpaired) electrons. The predicted molar refractivity (Wildman–Crippen MR) is 79.1 cm³/mol. The van der Waals surface area contributed by atoms with Crippen LogP contribution in [0.5, 0.6) is 0 Å². The Morgan fingerprint density at radius 2 is 2.00 bits per heavy atom. The van der Waals surface area contributed by atoms with Crippen LogP contribution in [0.3, 0.4) is 0 Å². The zero-order valence-corrected chi connectivity index (χ0v) is 12.1. The number of benzene rings is 1. The van der Waals surface area contributed by atoms with E-state index in [0.717, 1.165) is 15.6 Å². The highest BCUT2D eigenvalue weighted by Crippen LogP contribution is 2.21. The van der Waals surface area contributed by atoms with Gasteiger partial charge in [-0.1, -0.05) is 15.9 Å². The van der Waals surface area contributed by atoms with Gasteiger partial charge in [0.05, 0.1) is 0 Å². The number of esters is 1. The Kier molecular flexibility index (Phi) is 3.31. The van der Waals surface area contributed by atoms with Gasteiger partial charge in [0.15, 0.2) is 5.70 Å². The lowest BCUT2D eigenvalue weighted by Gasteiger charge is -1.98. The van der Waals surface area contributed by atoms with E-state index in [-0.39, 0.29) is 0 Å². The van der Waals surface area contributed by atoms with Crippen LogP contribution >= 0.6 is 27.3 Å². The van der Waals surface area contributed by atoms with E-state index in [1.807, 2.05) is 41.1 Å². The molecule has 1 aliphatic rings. The molecule has 3 nitrogen and oxygen atoms in total. The lowest BCUT2D eigenvalue weighted by atomic mass is 10.2. The molecule has 3 rings (SSSR count). The van der Waals surface area contributed by atoms with E-state index in [0.29, 0.717) is 11.6 Å². The minimum atomic E-state index is -0.413. The summed E-state index contributed by atoms with van der Waals surface area (Å²) in [5.41, 5.74) is 2.07. The fraction of sp³-hybridized carbons (Fsp3) is 0. The Hall–Kier alpha value is -1.72. The highest BCUT2D eigenvalue weighted by atomic mass is 79.9. The van der Waals surface area contributed by atoms with Crippen molar-refractivity contribution in [2.75, 3.05) is 0 Å². The zero-order valence-electron chi connectivity index (χ0n) is 9.67. The molecule has 0 bridgehead atoms. The van der Waals surface area contributed by atoms with Crippen molar-refractivity contribution in [3.05, 3.63) is 62.4 Å². The first-order chi connectivity index (χ1) is 9.22. The second-order valence-corrected chi connectivity index (χ2v) is 5.60. The van der Waals surface area contributed by atoms with Crippen molar-refractivity contribution in [1.82, 2.24) is 0 Å². The summed E-state index contributed by atoms with van der Waals surface area (Å²) in [4.78, 5) is 16.0. The first-order valence-corrected chi connectivity index (χ1v) is 7.27. The first-order valence-electron chi connectivity index (χ1n) is 5.53. The number of cyclic esters (lactones) is 1. The molecule has 0 unspecified atom stereocenters. The topological polar surface area (TPSA) is 38.7 Å². The minimum Gasteiger partial charge on any atom is -0.402 e. The number of halogens is 1. The molecular weight excluding hydrogens is 326 g/mol. The van der Waals surface area contributed by atoms with E-state index >= 15 is 0 Å². The summed E-state index contributed by atoms with van der Waals surface area (Å²) < 4.78 is 6.15. The summed E-state index contributed by atoms with van der Waals surface area (Å²) in [6.07, 6.45) is 1.73. The zero-order chi connectivity index (χ0) is 13.2. The van der Waals surface area contributed by atoms with Gasteiger partial charge in [0, 0.05) is 10.0 Å². The highest BCUT2D eigenvalue weighted by Gasteiger charge is 2.23. The fourth-order valence-corrected chi connectivity index (χ4v) is 2.52. The third kappa shape index (κ3) is 2.67. The normalized spacial score (nSPS) is 16.6. The maximum atomic E-state index is 11.7. The molecule has 2 heterocycles. The summed E-state index contributed by atoms with van der Waals surface area (Å²) in [6.45, 7) is 0. The maximum Gasteiger partial charge on any atom is 0.363 e. The second-order valence-electron chi connectivity index (χ2n) is 3.90. The Balaban J connectivity index is 1.93. The van der Waals surface area contributed by atoms with Gasteiger partial charge >= 0.3 is 5.97 Å². The van der Waals surface area contributed by atoms with Gasteiger partial charge < -0.3 is 4.74 Å². The third-order valence-electron chi connectivity index (χ3n) is 2.56. The van der Waals surface area contributed by atoms with E-state index in [1.165, 1.54) is 0 Å². The van der Waals surface area contributed by atoms with Gasteiger partial charge in [0.1, 0.15) is 0 Å². The van der Waals surface area contributed by atoms with E-state index < -0.39 is 5.97 Å². The number of nitrogens with zero attached hydrogens (tertiary/aromatic N) is 1. The molecule has 94 valence electrons. The summed E-state index contributed by atoms with van der Waals surface area (Å²) >= 11 is 4.93. The molecule has 5 heteroatoms. The van der Waals surface area contributed by atoms with Crippen molar-refractivity contribution < 1.29 is 9.53 Å². The SMILES string of the molecule is O=C1OC(c2ccc(Br)cc2)=NC1=Cc1ccsc1. The van der Waals surface area contributed by atoms with E-state index in [2.05, 4.69) is 20.9 Å². The monoisotopic (exact) mass is 333 g/mol. The molecule has 19 heavy (non-hydrogen) atoms. The largest absolute Gasteiger partial charge is 0.402 e. The highest BCUT2D eigenvalue weighted by molar-refractivity contribution is 9.10. The van der Waals surface area contributed by atoms with Crippen molar-refractivity contribution in [2.24, 2.45) is 4.99 Å². The maximum absolute atomic E-state index is 11.7. The summed E-state index contributed by atoms with van der Waals surface area (Å²) in [5.74, 6) is -0.0666. The molecule has 0 fully saturated rings. The Labute approximate surface area is 122 Å². The van der Waals surface area contributed by atoms with Crippen molar-refractivity contribution in [1.29, 1.82) is 0 Å². The number of carbonyl (C=O) groups is 1. The van der Waals surface area contributed by atoms with Crippen LogP contribution in [0.1, 0.15) is 11.1 Å². The molecule has 1 aromatic carbocycles. The van der Waals surface area contributed by atoms with E-state index in [9.17, 15) is 4.79 Å². The minimum absolute atomic E-state index is 0.330. The molecule has 1 aromatic heterocycles. The molecule has 2 aromatic rings. The predicted octanol–water partition coefficient (Wildman–Crippen LogP) is 3.86. The van der Waals surface area contributed by atoms with Crippen LogP contribution in [0.2, 0.25) is 0 Å². The van der Waals surface area contributed by atoms with Gasteiger partial charge in [-0.3, -0.25) is 0 Å². The molecule has 0 aliphatic carbocycles. The molecule has 0 spiro atoms. The fourth-order valence-electron chi connectivity index (χ4n) is 1.64. The number of hydrogen-bond acceptors (Lipinski definition) is 4. The molecule has 0 saturated heterocycles. The average Bonchev–Trinajstić information content (AvgIpc) is 3.02. The Bertz CT molecular complexity index is 672. The van der Waals surface area contributed by atoms with Crippen LogP contribution in [0, 0.1) is 0 Å². The van der Waals surface area contributed by atoms with Crippen LogP contribution in [0.25, 0.3) is 6.08 Å². The van der Waals surface area contributed by atoms with Gasteiger partial charge in [-0.05, 0) is 52.7 Å². The quantitative estimate of drug-likeness (QED) is 0.618. The lowest BCUT2D eigenvalue weighted by molar-refractivity contribution is -0.129. The van der Waals surface area contributed by atoms with Crippen LogP contribution in [0.15, 0.2) is 56.3 Å². The summed E-state index contributed by atoms with van der Waals surface area (Å²) in [6, 6.07) is 9.39. The van der Waals surface area contributed by atoms with Crippen molar-refractivity contribution in [2.45, 2.75) is 0 Å². The summed E-state index contributed by atoms with van der Waals surface area (Å²) in [7, 11) is 0. The van der Waals surface area contributed by atoms with Crippen molar-refractivity contribution in [3.63, 3.8) is 0 Å². The number of aliphatic imine (C=N–C) groups is 1. The molecule has 0 N–H and O–H groups in total. The number of rotatable bonds is 2. The van der Waals surface area contributed by atoms with Crippen LogP contribution in [0.4, 0.5) is 0 Å². The second kappa shape index (κ2) is 5.11. The van der Waals surface area contributed by atoms with E-state index in [4.69, 9.17) is 4.74 Å². The smallest absolute Gasteiger partial charge is 0.363 e. The summed E-state index contributed by atoms with van der Waals surface area (Å²) in [5, 5.41) is 3.90. The lowest BCUT2D eigenvalue weighted by Crippen LogP contribution is -2.05. The van der Waals surface area contributed by atoms with Gasteiger partial charge in [0.25, 0.3) is 0 Å². The van der Waals surface area contributed by atoms with E-state index in [1.54, 1.807) is 17.4 Å². The van der Waals surface area contributed by atoms with Crippen molar-refractivity contribution in [3.8, 4) is 0 Å². The molecule has 0 saturated carbocycles. The first kappa shape index (κ1) is 12.3. The molecule has 1 aliphatic heterocycles. The van der Waals surface area contributed by atoms with Gasteiger partial charge in [-0.15, -0.1) is 0 Å². The van der Waals surface area contributed by atoms with Gasteiger partial charge in [0.2, 0.25) is 5.90 Å².